The van der Waals surface area contributed by atoms with Gasteiger partial charge in [-0.05, 0) is 19.8 Å². The van der Waals surface area contributed by atoms with Gasteiger partial charge in [0.05, 0.1) is 12.6 Å². The Morgan fingerprint density at radius 3 is 2.68 bits per heavy atom. The second-order valence-corrected chi connectivity index (χ2v) is 8.18. The maximum atomic E-state index is 6.04. The van der Waals surface area contributed by atoms with Gasteiger partial charge in [-0.3, -0.25) is 4.99 Å². The number of unbranched alkanes of at least 4 members (excludes halogenated alkanes) is 1. The molecule has 1 heterocycles. The summed E-state index contributed by atoms with van der Waals surface area (Å²) in [5.74, 6) is 2.51. The number of nitrogens with one attached hydrogen (secondary N) is 2. The third-order valence-electron chi connectivity index (χ3n) is 5.25. The Morgan fingerprint density at radius 1 is 1.36 bits per heavy atom. The van der Waals surface area contributed by atoms with Crippen LogP contribution >= 0.6 is 24.0 Å². The molecule has 0 aliphatic heterocycles. The third kappa shape index (κ3) is 6.86. The minimum atomic E-state index is 0. The summed E-state index contributed by atoms with van der Waals surface area (Å²) >= 11 is 0. The van der Waals surface area contributed by atoms with E-state index >= 15 is 0 Å². The summed E-state index contributed by atoms with van der Waals surface area (Å²) in [5.41, 5.74) is 0.0998. The maximum absolute atomic E-state index is 6.04. The van der Waals surface area contributed by atoms with E-state index in [1.54, 1.807) is 0 Å². The average Bonchev–Trinajstić information content (AvgIpc) is 3.09. The van der Waals surface area contributed by atoms with Gasteiger partial charge in [0.25, 0.3) is 0 Å². The van der Waals surface area contributed by atoms with Crippen LogP contribution in [0.25, 0.3) is 0 Å². The molecule has 0 radical (unpaired) electrons. The number of hydrogen-bond acceptors (Lipinski definition) is 5. The number of ether oxygens (including phenoxy) is 1. The van der Waals surface area contributed by atoms with Crippen LogP contribution in [0.1, 0.15) is 78.4 Å². The van der Waals surface area contributed by atoms with Gasteiger partial charge < -0.3 is 19.9 Å². The third-order valence-corrected chi connectivity index (χ3v) is 5.25. The summed E-state index contributed by atoms with van der Waals surface area (Å²) in [6, 6.07) is 0.359. The van der Waals surface area contributed by atoms with Gasteiger partial charge >= 0.3 is 0 Å². The topological polar surface area (TPSA) is 84.6 Å². The molecule has 0 spiro atoms. The van der Waals surface area contributed by atoms with Gasteiger partial charge in [0.2, 0.25) is 5.89 Å². The smallest absolute Gasteiger partial charge is 0.228 e. The van der Waals surface area contributed by atoms with E-state index in [0.717, 1.165) is 37.8 Å². The highest BCUT2D eigenvalue weighted by molar-refractivity contribution is 14.0. The van der Waals surface area contributed by atoms with Crippen molar-refractivity contribution in [2.45, 2.75) is 85.3 Å². The zero-order valence-corrected chi connectivity index (χ0v) is 20.6. The molecule has 1 aromatic rings. The summed E-state index contributed by atoms with van der Waals surface area (Å²) in [6.07, 6.45) is 4.28. The van der Waals surface area contributed by atoms with Crippen molar-refractivity contribution in [3.05, 3.63) is 11.7 Å². The molecule has 0 amide bonds. The molecule has 2 N–H and O–H groups in total. The van der Waals surface area contributed by atoms with E-state index < -0.39 is 0 Å². The molecule has 1 saturated carbocycles. The predicted octanol–water partition coefficient (Wildman–Crippen LogP) is 3.89. The number of aliphatic imine (C=N–C) groups is 1. The molecule has 2 unspecified atom stereocenters. The van der Waals surface area contributed by atoms with Gasteiger partial charge in [-0.2, -0.15) is 4.98 Å². The molecule has 2 rings (SSSR count). The molecule has 0 bridgehead atoms. The van der Waals surface area contributed by atoms with Crippen LogP contribution in [-0.4, -0.2) is 47.9 Å². The van der Waals surface area contributed by atoms with Gasteiger partial charge in [-0.15, -0.1) is 24.0 Å². The quantitative estimate of drug-likeness (QED) is 0.216. The van der Waals surface area contributed by atoms with Crippen LogP contribution in [0.15, 0.2) is 9.52 Å². The van der Waals surface area contributed by atoms with Gasteiger partial charge in [0.15, 0.2) is 11.8 Å². The fourth-order valence-corrected chi connectivity index (χ4v) is 3.14. The molecule has 8 heteroatoms. The standard InChI is InChI=1S/C20H37N5O2.HI/c1-7-9-12-26-16-13-15(20(16,5)6)23-19(21-8-2)22-11-10-17-24-18(14(3)4)25-27-17;/h14-16H,7-13H2,1-6H3,(H2,21,22,23);1H. The lowest BCUT2D eigenvalue weighted by Gasteiger charge is -2.52. The number of halogens is 1. The molecule has 0 saturated heterocycles. The Kier molecular flexibility index (Phi) is 10.7. The number of guanidine groups is 1. The first kappa shape index (κ1) is 25.1. The summed E-state index contributed by atoms with van der Waals surface area (Å²) in [6.45, 7) is 15.2. The number of nitrogens with zero attached hydrogens (tertiary/aromatic N) is 3. The second-order valence-electron chi connectivity index (χ2n) is 8.18. The van der Waals surface area contributed by atoms with Gasteiger partial charge in [0.1, 0.15) is 0 Å². The molecule has 28 heavy (non-hydrogen) atoms. The molecule has 162 valence electrons. The normalized spacial score (nSPS) is 21.2. The fourth-order valence-electron chi connectivity index (χ4n) is 3.14. The number of aromatic nitrogens is 2. The first-order chi connectivity index (χ1) is 12.9. The Balaban J connectivity index is 0.00000392. The summed E-state index contributed by atoms with van der Waals surface area (Å²) < 4.78 is 11.3. The van der Waals surface area contributed by atoms with Crippen molar-refractivity contribution >= 4 is 29.9 Å². The van der Waals surface area contributed by atoms with Crippen LogP contribution < -0.4 is 10.6 Å². The highest BCUT2D eigenvalue weighted by Gasteiger charge is 2.49. The number of hydrogen-bond donors (Lipinski definition) is 2. The first-order valence-corrected chi connectivity index (χ1v) is 10.4. The van der Waals surface area contributed by atoms with Gasteiger partial charge in [0, 0.05) is 36.9 Å². The Bertz CT molecular complexity index is 603. The lowest BCUT2D eigenvalue weighted by atomic mass is 9.64. The summed E-state index contributed by atoms with van der Waals surface area (Å²) in [7, 11) is 0. The van der Waals surface area contributed by atoms with E-state index in [4.69, 9.17) is 9.26 Å². The molecule has 1 fully saturated rings. The molecular weight excluding hydrogens is 469 g/mol. The summed E-state index contributed by atoms with van der Waals surface area (Å²) in [4.78, 5) is 9.08. The lowest BCUT2D eigenvalue weighted by molar-refractivity contribution is -0.113. The molecular formula is C20H38IN5O2. The van der Waals surface area contributed by atoms with Crippen LogP contribution in [0.4, 0.5) is 0 Å². The Morgan fingerprint density at radius 2 is 2.11 bits per heavy atom. The Hall–Kier alpha value is -0.900. The van der Waals surface area contributed by atoms with Crippen LogP contribution in [0.3, 0.4) is 0 Å². The average molecular weight is 507 g/mol. The maximum Gasteiger partial charge on any atom is 0.228 e. The molecule has 2 atom stereocenters. The van der Waals surface area contributed by atoms with Crippen LogP contribution in [-0.2, 0) is 11.2 Å². The number of rotatable bonds is 10. The van der Waals surface area contributed by atoms with Crippen LogP contribution in [0.2, 0.25) is 0 Å². The molecule has 0 aromatic carbocycles. The van der Waals surface area contributed by atoms with E-state index in [2.05, 4.69) is 67.3 Å². The largest absolute Gasteiger partial charge is 0.378 e. The predicted molar refractivity (Wildman–Crippen MR) is 123 cm³/mol. The SMILES string of the molecule is CCCCOC1CC(NC(=NCCc2nc(C(C)C)no2)NCC)C1(C)C.I. The van der Waals surface area contributed by atoms with Gasteiger partial charge in [-0.25, -0.2) is 0 Å². The minimum absolute atomic E-state index is 0. The van der Waals surface area contributed by atoms with E-state index in [-0.39, 0.29) is 35.3 Å². The van der Waals surface area contributed by atoms with Crippen molar-refractivity contribution in [1.82, 2.24) is 20.8 Å². The minimum Gasteiger partial charge on any atom is -0.378 e. The van der Waals surface area contributed by atoms with Gasteiger partial charge in [-0.1, -0.05) is 46.2 Å². The lowest BCUT2D eigenvalue weighted by Crippen LogP contribution is -2.63. The van der Waals surface area contributed by atoms with E-state index in [0.29, 0.717) is 31.0 Å². The molecule has 7 nitrogen and oxygen atoms in total. The van der Waals surface area contributed by atoms with Crippen molar-refractivity contribution in [3.63, 3.8) is 0 Å². The van der Waals surface area contributed by atoms with E-state index in [1.807, 2.05) is 0 Å². The molecule has 1 aliphatic carbocycles. The monoisotopic (exact) mass is 507 g/mol. The van der Waals surface area contributed by atoms with Crippen molar-refractivity contribution in [2.75, 3.05) is 19.7 Å². The van der Waals surface area contributed by atoms with Crippen molar-refractivity contribution < 1.29 is 9.26 Å². The second kappa shape index (κ2) is 11.9. The zero-order valence-electron chi connectivity index (χ0n) is 18.2. The van der Waals surface area contributed by atoms with Crippen molar-refractivity contribution in [1.29, 1.82) is 0 Å². The van der Waals surface area contributed by atoms with Crippen molar-refractivity contribution in [2.24, 2.45) is 10.4 Å². The van der Waals surface area contributed by atoms with Crippen LogP contribution in [0.5, 0.6) is 0 Å². The molecule has 1 aliphatic rings. The summed E-state index contributed by atoms with van der Waals surface area (Å²) in [5, 5.41) is 10.9. The molecule has 1 aromatic heterocycles. The highest BCUT2D eigenvalue weighted by Crippen LogP contribution is 2.42. The highest BCUT2D eigenvalue weighted by atomic mass is 127. The van der Waals surface area contributed by atoms with E-state index in [9.17, 15) is 0 Å². The Labute approximate surface area is 186 Å². The zero-order chi connectivity index (χ0) is 19.9. The fraction of sp³-hybridized carbons (Fsp3) is 0.850. The van der Waals surface area contributed by atoms with E-state index in [1.165, 1.54) is 6.42 Å². The first-order valence-electron chi connectivity index (χ1n) is 10.4. The van der Waals surface area contributed by atoms with Crippen molar-refractivity contribution in [3.8, 4) is 0 Å². The van der Waals surface area contributed by atoms with Crippen LogP contribution in [0, 0.1) is 5.41 Å².